The van der Waals surface area contributed by atoms with Crippen molar-refractivity contribution in [2.75, 3.05) is 12.0 Å². The molecular weight excluding hydrogens is 416 g/mol. The van der Waals surface area contributed by atoms with E-state index in [9.17, 15) is 23.5 Å². The summed E-state index contributed by atoms with van der Waals surface area (Å²) in [6.45, 7) is 1.53. The van der Waals surface area contributed by atoms with Gasteiger partial charge in [-0.15, -0.1) is 0 Å². The highest BCUT2D eigenvalue weighted by Gasteiger charge is 2.47. The fraction of sp³-hybridized carbons (Fsp3) is 0.120. The molecule has 1 atom stereocenters. The van der Waals surface area contributed by atoms with Crippen molar-refractivity contribution in [1.82, 2.24) is 0 Å². The molecule has 32 heavy (non-hydrogen) atoms. The number of ketones is 1. The molecule has 3 aromatic rings. The number of halogens is 2. The molecule has 1 aliphatic heterocycles. The molecule has 1 aliphatic rings. The molecule has 0 saturated carbocycles. The number of ether oxygens (including phenoxy) is 1. The van der Waals surface area contributed by atoms with E-state index in [1.165, 1.54) is 61.4 Å². The van der Waals surface area contributed by atoms with Crippen LogP contribution in [0.2, 0.25) is 0 Å². The number of aryl methyl sites for hydroxylation is 1. The molecule has 0 aromatic heterocycles. The molecule has 7 heteroatoms. The van der Waals surface area contributed by atoms with Gasteiger partial charge in [0.05, 0.1) is 18.7 Å². The predicted molar refractivity (Wildman–Crippen MR) is 115 cm³/mol. The molecule has 0 spiro atoms. The minimum absolute atomic E-state index is 0.143. The van der Waals surface area contributed by atoms with Gasteiger partial charge in [0.1, 0.15) is 23.1 Å². The van der Waals surface area contributed by atoms with E-state index in [4.69, 9.17) is 4.74 Å². The van der Waals surface area contributed by atoms with Crippen LogP contribution in [0.25, 0.3) is 5.76 Å². The second-order valence-electron chi connectivity index (χ2n) is 7.38. The van der Waals surface area contributed by atoms with Crippen molar-refractivity contribution >= 4 is 23.1 Å². The van der Waals surface area contributed by atoms with Crippen LogP contribution in [0.4, 0.5) is 14.5 Å². The first-order chi connectivity index (χ1) is 15.3. The van der Waals surface area contributed by atoms with E-state index in [0.717, 1.165) is 0 Å². The monoisotopic (exact) mass is 435 g/mol. The van der Waals surface area contributed by atoms with Gasteiger partial charge in [-0.05, 0) is 72.6 Å². The van der Waals surface area contributed by atoms with Gasteiger partial charge < -0.3 is 9.84 Å². The molecule has 1 saturated heterocycles. The van der Waals surface area contributed by atoms with Crippen LogP contribution in [-0.2, 0) is 9.59 Å². The third kappa shape index (κ3) is 3.62. The molecule has 162 valence electrons. The average molecular weight is 435 g/mol. The van der Waals surface area contributed by atoms with Crippen LogP contribution >= 0.6 is 0 Å². The first-order valence-electron chi connectivity index (χ1n) is 9.79. The van der Waals surface area contributed by atoms with Crippen LogP contribution < -0.4 is 9.64 Å². The summed E-state index contributed by atoms with van der Waals surface area (Å²) < 4.78 is 32.4. The fourth-order valence-corrected chi connectivity index (χ4v) is 3.75. The number of Topliss-reactive ketones (excluding diaryl/α,β-unsaturated/α-hetero) is 1. The number of aliphatic hydroxyl groups is 1. The second kappa shape index (κ2) is 8.26. The average Bonchev–Trinajstić information content (AvgIpc) is 3.06. The zero-order valence-electron chi connectivity index (χ0n) is 17.3. The summed E-state index contributed by atoms with van der Waals surface area (Å²) in [6.07, 6.45) is 0. The number of carbonyl (C=O) groups is 2. The third-order valence-electron chi connectivity index (χ3n) is 5.41. The highest BCUT2D eigenvalue weighted by atomic mass is 19.1. The lowest BCUT2D eigenvalue weighted by molar-refractivity contribution is -0.132. The molecule has 1 heterocycles. The Hall–Kier alpha value is -4.00. The number of anilines is 1. The van der Waals surface area contributed by atoms with Crippen LogP contribution in [0.3, 0.4) is 0 Å². The summed E-state index contributed by atoms with van der Waals surface area (Å²) in [6, 6.07) is 14.8. The van der Waals surface area contributed by atoms with Crippen molar-refractivity contribution in [3.05, 3.63) is 101 Å². The lowest BCUT2D eigenvalue weighted by Crippen LogP contribution is -2.29. The van der Waals surface area contributed by atoms with Crippen LogP contribution in [0.15, 0.2) is 72.3 Å². The van der Waals surface area contributed by atoms with Crippen molar-refractivity contribution in [3.63, 3.8) is 0 Å². The van der Waals surface area contributed by atoms with Gasteiger partial charge in [-0.25, -0.2) is 8.78 Å². The molecule has 0 radical (unpaired) electrons. The van der Waals surface area contributed by atoms with Crippen molar-refractivity contribution in [1.29, 1.82) is 0 Å². The maximum atomic E-state index is 13.7. The predicted octanol–water partition coefficient (Wildman–Crippen LogP) is 4.91. The summed E-state index contributed by atoms with van der Waals surface area (Å²) >= 11 is 0. The number of methoxy groups -OCH3 is 1. The first kappa shape index (κ1) is 21.2. The van der Waals surface area contributed by atoms with Gasteiger partial charge in [0.2, 0.25) is 0 Å². The van der Waals surface area contributed by atoms with Crippen LogP contribution in [0, 0.1) is 18.6 Å². The molecule has 1 amide bonds. The van der Waals surface area contributed by atoms with E-state index in [2.05, 4.69) is 0 Å². The van der Waals surface area contributed by atoms with Crippen molar-refractivity contribution in [2.45, 2.75) is 13.0 Å². The molecule has 4 rings (SSSR count). The molecule has 1 unspecified atom stereocenters. The minimum atomic E-state index is -0.975. The molecule has 0 bridgehead atoms. The number of hydrogen-bond acceptors (Lipinski definition) is 4. The zero-order valence-corrected chi connectivity index (χ0v) is 17.3. The zero-order chi connectivity index (χ0) is 23.0. The van der Waals surface area contributed by atoms with Crippen LogP contribution in [0.5, 0.6) is 5.75 Å². The molecular formula is C25H19F2NO4. The van der Waals surface area contributed by atoms with E-state index < -0.39 is 35.1 Å². The second-order valence-corrected chi connectivity index (χ2v) is 7.38. The molecule has 1 N–H and O–H groups in total. The van der Waals surface area contributed by atoms with Gasteiger partial charge in [0.15, 0.2) is 0 Å². The highest BCUT2D eigenvalue weighted by Crippen LogP contribution is 2.42. The van der Waals surface area contributed by atoms with Gasteiger partial charge in [0, 0.05) is 11.3 Å². The van der Waals surface area contributed by atoms with Gasteiger partial charge in [-0.2, -0.15) is 0 Å². The van der Waals surface area contributed by atoms with E-state index in [1.807, 2.05) is 0 Å². The van der Waals surface area contributed by atoms with Gasteiger partial charge in [-0.1, -0.05) is 12.1 Å². The number of amides is 1. The summed E-state index contributed by atoms with van der Waals surface area (Å²) in [4.78, 5) is 27.3. The summed E-state index contributed by atoms with van der Waals surface area (Å²) in [7, 11) is 1.51. The summed E-state index contributed by atoms with van der Waals surface area (Å²) in [5, 5.41) is 11.0. The Balaban J connectivity index is 1.93. The largest absolute Gasteiger partial charge is 0.507 e. The lowest BCUT2D eigenvalue weighted by atomic mass is 9.94. The Kier molecular flexibility index (Phi) is 5.48. The Morgan fingerprint density at radius 2 is 1.62 bits per heavy atom. The van der Waals surface area contributed by atoms with Crippen molar-refractivity contribution < 1.29 is 28.2 Å². The normalized spacial score (nSPS) is 17.6. The topological polar surface area (TPSA) is 66.8 Å². The number of benzene rings is 3. The minimum Gasteiger partial charge on any atom is -0.507 e. The SMILES string of the molecule is COc1ccc(C2/C(=C(/O)c3ccc(F)c(C)c3)C(=O)C(=O)N2c2ccc(F)cc2)cc1. The number of hydrogen-bond donors (Lipinski definition) is 1. The molecule has 1 fully saturated rings. The lowest BCUT2D eigenvalue weighted by Gasteiger charge is -2.25. The molecule has 5 nitrogen and oxygen atoms in total. The highest BCUT2D eigenvalue weighted by molar-refractivity contribution is 6.51. The van der Waals surface area contributed by atoms with Gasteiger partial charge in [-0.3, -0.25) is 14.5 Å². The van der Waals surface area contributed by atoms with Gasteiger partial charge >= 0.3 is 0 Å². The van der Waals surface area contributed by atoms with Crippen LogP contribution in [-0.4, -0.2) is 23.9 Å². The van der Waals surface area contributed by atoms with E-state index in [0.29, 0.717) is 17.0 Å². The molecule has 0 aliphatic carbocycles. The van der Waals surface area contributed by atoms with Crippen LogP contribution in [0.1, 0.15) is 22.7 Å². The van der Waals surface area contributed by atoms with Gasteiger partial charge in [0.25, 0.3) is 11.7 Å². The number of nitrogens with zero attached hydrogens (tertiary/aromatic N) is 1. The smallest absolute Gasteiger partial charge is 0.300 e. The maximum absolute atomic E-state index is 13.7. The fourth-order valence-electron chi connectivity index (χ4n) is 3.75. The van der Waals surface area contributed by atoms with Crippen molar-refractivity contribution in [2.24, 2.45) is 0 Å². The van der Waals surface area contributed by atoms with E-state index >= 15 is 0 Å². The Morgan fingerprint density at radius 1 is 0.969 bits per heavy atom. The number of carbonyl (C=O) groups excluding carboxylic acids is 2. The first-order valence-corrected chi connectivity index (χ1v) is 9.79. The summed E-state index contributed by atoms with van der Waals surface area (Å²) in [5.41, 5.74) is 1.18. The third-order valence-corrected chi connectivity index (χ3v) is 5.41. The van der Waals surface area contributed by atoms with Crippen molar-refractivity contribution in [3.8, 4) is 5.75 Å². The quantitative estimate of drug-likeness (QED) is 0.359. The Morgan fingerprint density at radius 3 is 2.22 bits per heavy atom. The molecule has 3 aromatic carbocycles. The number of rotatable bonds is 4. The number of aliphatic hydroxyl groups excluding tert-OH is 1. The standard InChI is InChI=1S/C25H19F2NO4/c1-14-13-16(5-12-20(14)27)23(29)21-22(15-3-10-19(32-2)11-4-15)28(25(31)24(21)30)18-8-6-17(26)7-9-18/h3-13,22,29H,1-2H3/b23-21-. The van der Waals surface area contributed by atoms with E-state index in [1.54, 1.807) is 24.3 Å². The Labute approximate surface area is 183 Å². The van der Waals surface area contributed by atoms with E-state index in [-0.39, 0.29) is 16.7 Å². The summed E-state index contributed by atoms with van der Waals surface area (Å²) in [5.74, 6) is -2.56. The maximum Gasteiger partial charge on any atom is 0.300 e. The Bertz CT molecular complexity index is 1230.